The molecule has 3 aromatic carbocycles. The van der Waals surface area contributed by atoms with Gasteiger partial charge in [0.15, 0.2) is 0 Å². The van der Waals surface area contributed by atoms with Crippen molar-refractivity contribution in [3.63, 3.8) is 0 Å². The van der Waals surface area contributed by atoms with Crippen molar-refractivity contribution in [3.8, 4) is 0 Å². The summed E-state index contributed by atoms with van der Waals surface area (Å²) < 4.78 is 0. The molecule has 6 heteroatoms. The van der Waals surface area contributed by atoms with Crippen molar-refractivity contribution in [1.29, 1.82) is 0 Å². The molecule has 0 atom stereocenters. The summed E-state index contributed by atoms with van der Waals surface area (Å²) in [6.07, 6.45) is 1.25. The molecule has 0 aliphatic heterocycles. The maximum absolute atomic E-state index is 4.76. The van der Waals surface area contributed by atoms with E-state index in [4.69, 9.17) is 23.2 Å². The molecule has 0 bridgehead atoms. The smallest absolute Gasteiger partial charge is 0.0967 e. The Morgan fingerprint density at radius 2 is 0.710 bits per heavy atom. The van der Waals surface area contributed by atoms with Gasteiger partial charge in [0, 0.05) is 42.1 Å². The largest absolute Gasteiger partial charge is 0.109 e. The van der Waals surface area contributed by atoms with Gasteiger partial charge in [0.2, 0.25) is 0 Å². The third-order valence-electron chi connectivity index (χ3n) is 3.88. The molecule has 0 spiro atoms. The molecule has 0 unspecified atom stereocenters. The van der Waals surface area contributed by atoms with E-state index in [0.29, 0.717) is 0 Å². The standard InChI is InChI=1S/C21H21P.C3H8.CH2Cl2.Cl2.Pd/c1-16-4-10-19(11-5-16)22(20-12-6-17(2)7-13-20)21-14-8-18(3)9-15-21;1-3-2;2-1-3;1-2;/h4-15H,1-3H3;3H2,1-2H3;1H2;;. The van der Waals surface area contributed by atoms with Crippen LogP contribution in [0.25, 0.3) is 0 Å². The van der Waals surface area contributed by atoms with Gasteiger partial charge in [0.05, 0.1) is 5.34 Å². The van der Waals surface area contributed by atoms with Crippen molar-refractivity contribution in [3.05, 3.63) is 89.5 Å². The van der Waals surface area contributed by atoms with Gasteiger partial charge in [0.1, 0.15) is 0 Å². The molecule has 0 N–H and O–H groups in total. The van der Waals surface area contributed by atoms with Crippen LogP contribution < -0.4 is 15.9 Å². The Labute approximate surface area is 223 Å². The summed E-state index contributed by atoms with van der Waals surface area (Å²) in [6, 6.07) is 27.0. The topological polar surface area (TPSA) is 0 Å². The fraction of sp³-hybridized carbons (Fsp3) is 0.280. The molecule has 0 radical (unpaired) electrons. The van der Waals surface area contributed by atoms with E-state index in [-0.39, 0.29) is 25.8 Å². The van der Waals surface area contributed by atoms with Gasteiger partial charge in [-0.05, 0) is 44.6 Å². The predicted octanol–water partition coefficient (Wildman–Crippen LogP) is 8.58. The summed E-state index contributed by atoms with van der Waals surface area (Å²) in [6.45, 7) is 10.7. The number of hydrogen-bond acceptors (Lipinski definition) is 0. The Kier molecular flexibility index (Phi) is 21.9. The second kappa shape index (κ2) is 20.5. The first-order valence-electron chi connectivity index (χ1n) is 9.73. The van der Waals surface area contributed by atoms with Crippen molar-refractivity contribution < 1.29 is 20.4 Å². The molecular weight excluding hydrogens is 579 g/mol. The van der Waals surface area contributed by atoms with Crippen LogP contribution in [0.5, 0.6) is 0 Å². The first kappa shape index (κ1) is 33.1. The number of aryl methyl sites for hydroxylation is 3. The van der Waals surface area contributed by atoms with E-state index >= 15 is 0 Å². The molecular formula is C25H31Cl4PPd. The Bertz CT molecular complexity index is 681. The fourth-order valence-electron chi connectivity index (χ4n) is 2.53. The van der Waals surface area contributed by atoms with E-state index in [1.165, 1.54) is 39.0 Å². The minimum absolute atomic E-state index is 0. The number of benzene rings is 3. The molecule has 0 saturated heterocycles. The van der Waals surface area contributed by atoms with Gasteiger partial charge in [-0.3, -0.25) is 0 Å². The molecule has 0 nitrogen and oxygen atoms in total. The molecule has 3 aromatic rings. The Balaban J connectivity index is 0. The third-order valence-corrected chi connectivity index (χ3v) is 6.32. The Morgan fingerprint density at radius 3 is 0.871 bits per heavy atom. The van der Waals surface area contributed by atoms with E-state index in [0.717, 1.165) is 0 Å². The van der Waals surface area contributed by atoms with E-state index < -0.39 is 7.92 Å². The van der Waals surface area contributed by atoms with Crippen LogP contribution in [0.3, 0.4) is 0 Å². The zero-order valence-electron chi connectivity index (χ0n) is 18.6. The van der Waals surface area contributed by atoms with Gasteiger partial charge < -0.3 is 0 Å². The molecule has 174 valence electrons. The Morgan fingerprint density at radius 1 is 0.548 bits per heavy atom. The normalized spacial score (nSPS) is 9.10. The summed E-state index contributed by atoms with van der Waals surface area (Å²) >= 11 is 9.53. The van der Waals surface area contributed by atoms with Crippen molar-refractivity contribution in [2.75, 3.05) is 5.34 Å². The Hall–Kier alpha value is -0.0877. The van der Waals surface area contributed by atoms with Gasteiger partial charge in [-0.25, -0.2) is 0 Å². The molecule has 0 fully saturated rings. The molecule has 3 rings (SSSR count). The second-order valence-electron chi connectivity index (χ2n) is 6.65. The maximum Gasteiger partial charge on any atom is 0.0967 e. The minimum Gasteiger partial charge on any atom is -0.109 e. The monoisotopic (exact) mass is 608 g/mol. The van der Waals surface area contributed by atoms with Crippen LogP contribution in [0, 0.1) is 20.8 Å². The first-order valence-corrected chi connectivity index (χ1v) is 13.3. The van der Waals surface area contributed by atoms with Gasteiger partial charge >= 0.3 is 0 Å². The van der Waals surface area contributed by atoms with E-state index in [1.54, 1.807) is 0 Å². The van der Waals surface area contributed by atoms with E-state index in [1.807, 2.05) is 0 Å². The molecule has 0 aliphatic rings. The number of rotatable bonds is 3. The van der Waals surface area contributed by atoms with Crippen LogP contribution in [0.15, 0.2) is 72.8 Å². The van der Waals surface area contributed by atoms with E-state index in [2.05, 4.69) is 129 Å². The first-order chi connectivity index (χ1) is 14.5. The van der Waals surface area contributed by atoms with Gasteiger partial charge in [-0.2, -0.15) is 0 Å². The average Bonchev–Trinajstić information content (AvgIpc) is 2.75. The summed E-state index contributed by atoms with van der Waals surface area (Å²) in [7, 11) is 7.74. The van der Waals surface area contributed by atoms with Crippen molar-refractivity contribution in [2.45, 2.75) is 41.0 Å². The average molecular weight is 611 g/mol. The van der Waals surface area contributed by atoms with Crippen LogP contribution in [0.4, 0.5) is 0 Å². The zero-order valence-corrected chi connectivity index (χ0v) is 24.1. The summed E-state index contributed by atoms with van der Waals surface area (Å²) in [4.78, 5) is 0. The van der Waals surface area contributed by atoms with Crippen LogP contribution in [0.2, 0.25) is 0 Å². The van der Waals surface area contributed by atoms with Crippen LogP contribution in [-0.2, 0) is 20.4 Å². The van der Waals surface area contributed by atoms with Gasteiger partial charge in [-0.1, -0.05) is 110 Å². The van der Waals surface area contributed by atoms with Crippen LogP contribution >= 0.6 is 52.8 Å². The van der Waals surface area contributed by atoms with Gasteiger partial charge in [0.25, 0.3) is 0 Å². The summed E-state index contributed by atoms with van der Waals surface area (Å²) in [5.41, 5.74) is 3.93. The SMILES string of the molecule is CCC.Cc1ccc(P(c2ccc(C)cc2)c2ccc(C)cc2)cc1.ClCCl.ClCl.[Pd]. The molecule has 0 aliphatic carbocycles. The zero-order chi connectivity index (χ0) is 22.9. The van der Waals surface area contributed by atoms with Crippen LogP contribution in [0.1, 0.15) is 37.0 Å². The number of halogens is 4. The molecule has 31 heavy (non-hydrogen) atoms. The molecule has 0 aromatic heterocycles. The number of alkyl halides is 2. The number of hydrogen-bond donors (Lipinski definition) is 0. The van der Waals surface area contributed by atoms with E-state index in [9.17, 15) is 0 Å². The van der Waals surface area contributed by atoms with Crippen LogP contribution in [-0.4, -0.2) is 5.34 Å². The van der Waals surface area contributed by atoms with Gasteiger partial charge in [-0.15, -0.1) is 23.2 Å². The molecule has 0 heterocycles. The molecule has 0 saturated carbocycles. The van der Waals surface area contributed by atoms with Crippen molar-refractivity contribution in [2.24, 2.45) is 0 Å². The quantitative estimate of drug-likeness (QED) is 0.158. The summed E-state index contributed by atoms with van der Waals surface area (Å²) in [5.74, 6) is 0. The minimum atomic E-state index is -0.483. The summed E-state index contributed by atoms with van der Waals surface area (Å²) in [5, 5.41) is 4.43. The maximum atomic E-state index is 4.76. The fourth-order valence-corrected chi connectivity index (χ4v) is 4.76. The van der Waals surface area contributed by atoms with Crippen molar-refractivity contribution >= 4 is 68.7 Å². The second-order valence-corrected chi connectivity index (χ2v) is 9.68. The molecule has 0 amide bonds. The van der Waals surface area contributed by atoms with Crippen molar-refractivity contribution in [1.82, 2.24) is 0 Å². The third kappa shape index (κ3) is 13.3. The predicted molar refractivity (Wildman–Crippen MR) is 144 cm³/mol.